The first-order chi connectivity index (χ1) is 16.6. The summed E-state index contributed by atoms with van der Waals surface area (Å²) in [5, 5.41) is 21.7. The first kappa shape index (κ1) is 21.3. The van der Waals surface area contributed by atoms with E-state index < -0.39 is 4.92 Å². The van der Waals surface area contributed by atoms with E-state index in [1.165, 1.54) is 6.07 Å². The second kappa shape index (κ2) is 9.15. The molecule has 2 aromatic carbocycles. The van der Waals surface area contributed by atoms with Crippen molar-refractivity contribution in [3.8, 4) is 11.1 Å². The van der Waals surface area contributed by atoms with Gasteiger partial charge in [0.2, 0.25) is 0 Å². The van der Waals surface area contributed by atoms with Crippen LogP contribution >= 0.6 is 0 Å². The maximum absolute atomic E-state index is 11.2. The van der Waals surface area contributed by atoms with Gasteiger partial charge in [0.25, 0.3) is 5.69 Å². The molecule has 0 aromatic heterocycles. The Morgan fingerprint density at radius 3 is 2.47 bits per heavy atom. The van der Waals surface area contributed by atoms with Crippen LogP contribution in [0.1, 0.15) is 5.56 Å². The summed E-state index contributed by atoms with van der Waals surface area (Å²) in [7, 11) is 0. The highest BCUT2D eigenvalue weighted by Gasteiger charge is 2.23. The lowest BCUT2D eigenvalue weighted by Gasteiger charge is -2.31. The molecule has 170 valence electrons. The molecule has 7 nitrogen and oxygen atoms in total. The van der Waals surface area contributed by atoms with E-state index in [4.69, 9.17) is 5.73 Å². The van der Waals surface area contributed by atoms with E-state index in [9.17, 15) is 10.1 Å². The molecular weight excluding hydrogens is 426 g/mol. The number of hydrogen-bond acceptors (Lipinski definition) is 6. The molecule has 7 heteroatoms. The molecule has 0 bridgehead atoms. The van der Waals surface area contributed by atoms with E-state index in [1.807, 2.05) is 42.6 Å². The highest BCUT2D eigenvalue weighted by molar-refractivity contribution is 5.79. The van der Waals surface area contributed by atoms with Crippen LogP contribution in [-0.4, -0.2) is 23.6 Å². The third-order valence-electron chi connectivity index (χ3n) is 5.97. The molecule has 2 aromatic rings. The van der Waals surface area contributed by atoms with Gasteiger partial charge in [-0.05, 0) is 58.8 Å². The van der Waals surface area contributed by atoms with Crippen molar-refractivity contribution in [1.29, 1.82) is 0 Å². The van der Waals surface area contributed by atoms with Gasteiger partial charge in [0.15, 0.2) is 0 Å². The van der Waals surface area contributed by atoms with Crippen molar-refractivity contribution in [2.45, 2.75) is 12.1 Å². The smallest absolute Gasteiger partial charge is 0.272 e. The number of dihydropyridines is 3. The monoisotopic (exact) mass is 451 g/mol. The van der Waals surface area contributed by atoms with Crippen LogP contribution in [0, 0.1) is 10.1 Å². The molecular formula is C27H25N5O2. The van der Waals surface area contributed by atoms with E-state index in [2.05, 4.69) is 52.4 Å². The van der Waals surface area contributed by atoms with Crippen LogP contribution in [0.3, 0.4) is 0 Å². The number of nitro benzene ring substituents is 1. The van der Waals surface area contributed by atoms with Crippen LogP contribution in [0.25, 0.3) is 16.7 Å². The summed E-state index contributed by atoms with van der Waals surface area (Å²) in [6.45, 7) is 0.803. The van der Waals surface area contributed by atoms with Crippen LogP contribution in [0.4, 0.5) is 11.4 Å². The van der Waals surface area contributed by atoms with Gasteiger partial charge >= 0.3 is 0 Å². The number of nitro groups is 1. The number of nitrogens with one attached hydrogen (secondary N) is 3. The molecule has 0 amide bonds. The molecule has 3 heterocycles. The number of nitrogens with two attached hydrogens (primary N) is 1. The molecule has 2 unspecified atom stereocenters. The average Bonchev–Trinajstić information content (AvgIpc) is 2.89. The number of non-ortho nitro benzene ring substituents is 1. The predicted molar refractivity (Wildman–Crippen MR) is 136 cm³/mol. The number of benzene rings is 2. The van der Waals surface area contributed by atoms with Gasteiger partial charge in [0, 0.05) is 35.8 Å². The van der Waals surface area contributed by atoms with Gasteiger partial charge in [-0.25, -0.2) is 0 Å². The van der Waals surface area contributed by atoms with E-state index in [0.29, 0.717) is 5.69 Å². The zero-order valence-electron chi connectivity index (χ0n) is 18.4. The Labute approximate surface area is 197 Å². The van der Waals surface area contributed by atoms with E-state index >= 15 is 0 Å². The lowest BCUT2D eigenvalue weighted by molar-refractivity contribution is -0.384. The first-order valence-electron chi connectivity index (χ1n) is 11.1. The van der Waals surface area contributed by atoms with Gasteiger partial charge in [-0.3, -0.25) is 10.1 Å². The third kappa shape index (κ3) is 4.49. The first-order valence-corrected chi connectivity index (χ1v) is 11.1. The fourth-order valence-electron chi connectivity index (χ4n) is 4.27. The minimum atomic E-state index is -0.424. The fraction of sp³-hybridized carbons (Fsp3) is 0.111. The maximum atomic E-state index is 11.2. The molecule has 5 rings (SSSR count). The Hall–Kier alpha value is -4.52. The Morgan fingerprint density at radius 1 is 0.941 bits per heavy atom. The predicted octanol–water partition coefficient (Wildman–Crippen LogP) is 4.17. The lowest BCUT2D eigenvalue weighted by Crippen LogP contribution is -2.43. The van der Waals surface area contributed by atoms with Gasteiger partial charge in [-0.15, -0.1) is 0 Å². The molecule has 0 fully saturated rings. The Kier molecular flexibility index (Phi) is 5.74. The minimum Gasteiger partial charge on any atom is -0.399 e. The van der Waals surface area contributed by atoms with Crippen molar-refractivity contribution in [3.63, 3.8) is 0 Å². The zero-order chi connectivity index (χ0) is 23.5. The summed E-state index contributed by atoms with van der Waals surface area (Å²) >= 11 is 0. The third-order valence-corrected chi connectivity index (χ3v) is 5.97. The van der Waals surface area contributed by atoms with E-state index in [1.54, 1.807) is 12.1 Å². The average molecular weight is 452 g/mol. The molecule has 0 radical (unpaired) electrons. The quantitative estimate of drug-likeness (QED) is 0.309. The number of hydrogen-bond donors (Lipinski definition) is 4. The van der Waals surface area contributed by atoms with Crippen LogP contribution < -0.4 is 21.7 Å². The van der Waals surface area contributed by atoms with Crippen LogP contribution in [-0.2, 0) is 0 Å². The molecule has 3 aliphatic rings. The second-order valence-corrected chi connectivity index (χ2v) is 8.31. The normalized spacial score (nSPS) is 20.9. The molecule has 3 aliphatic heterocycles. The van der Waals surface area contributed by atoms with Crippen LogP contribution in [0.15, 0.2) is 109 Å². The van der Waals surface area contributed by atoms with Gasteiger partial charge in [-0.1, -0.05) is 48.6 Å². The van der Waals surface area contributed by atoms with E-state index in [0.717, 1.165) is 40.2 Å². The standard InChI is InChI=1S/C27H25N5O2/c28-22-13-20(14-23(17-22)32(33)34)18-7-9-19(10-8-18)21-15-26(24-5-1-3-11-29-24)31-27(16-21)25-6-2-4-12-30-25/h1-11,13-17,24,27,29-31H,12,28H2. The largest absolute Gasteiger partial charge is 0.399 e. The summed E-state index contributed by atoms with van der Waals surface area (Å²) in [6.07, 6.45) is 18.7. The van der Waals surface area contributed by atoms with Crippen molar-refractivity contribution in [2.24, 2.45) is 0 Å². The highest BCUT2D eigenvalue weighted by atomic mass is 16.6. The minimum absolute atomic E-state index is 0.0114. The molecule has 0 saturated heterocycles. The Morgan fingerprint density at radius 2 is 1.76 bits per heavy atom. The number of nitrogens with zero attached hydrogens (tertiary/aromatic N) is 1. The zero-order valence-corrected chi connectivity index (χ0v) is 18.4. The summed E-state index contributed by atoms with van der Waals surface area (Å²) in [5.41, 5.74) is 12.2. The molecule has 34 heavy (non-hydrogen) atoms. The topological polar surface area (TPSA) is 105 Å². The van der Waals surface area contributed by atoms with Gasteiger partial charge < -0.3 is 21.7 Å². The summed E-state index contributed by atoms with van der Waals surface area (Å²) in [6, 6.07) is 12.8. The van der Waals surface area contributed by atoms with E-state index in [-0.39, 0.29) is 17.8 Å². The molecule has 5 N–H and O–H groups in total. The van der Waals surface area contributed by atoms with Crippen molar-refractivity contribution in [3.05, 3.63) is 124 Å². The number of allylic oxidation sites excluding steroid dienone is 6. The molecule has 0 aliphatic carbocycles. The second-order valence-electron chi connectivity index (χ2n) is 8.31. The number of rotatable bonds is 5. The highest BCUT2D eigenvalue weighted by Crippen LogP contribution is 2.30. The number of anilines is 1. The summed E-state index contributed by atoms with van der Waals surface area (Å²) in [5.74, 6) is 0. The van der Waals surface area contributed by atoms with Gasteiger partial charge in [0.05, 0.1) is 17.0 Å². The van der Waals surface area contributed by atoms with Crippen molar-refractivity contribution < 1.29 is 4.92 Å². The van der Waals surface area contributed by atoms with Gasteiger partial charge in [-0.2, -0.15) is 0 Å². The molecule has 0 saturated carbocycles. The fourth-order valence-corrected chi connectivity index (χ4v) is 4.27. The summed E-state index contributed by atoms with van der Waals surface area (Å²) < 4.78 is 0. The van der Waals surface area contributed by atoms with Crippen molar-refractivity contribution >= 4 is 16.9 Å². The van der Waals surface area contributed by atoms with Gasteiger partial charge in [0.1, 0.15) is 0 Å². The lowest BCUT2D eigenvalue weighted by atomic mass is 9.93. The summed E-state index contributed by atoms with van der Waals surface area (Å²) in [4.78, 5) is 10.8. The van der Waals surface area contributed by atoms with Crippen molar-refractivity contribution in [2.75, 3.05) is 12.3 Å². The van der Waals surface area contributed by atoms with Crippen LogP contribution in [0.2, 0.25) is 0 Å². The maximum Gasteiger partial charge on any atom is 0.272 e. The Bertz CT molecular complexity index is 1300. The van der Waals surface area contributed by atoms with Crippen molar-refractivity contribution in [1.82, 2.24) is 16.0 Å². The number of nitrogen functional groups attached to an aromatic ring is 1. The SMILES string of the molecule is Nc1cc(-c2ccc(C3=CC(C4=CC=CCN4)NC(C4C=CC=CN4)=C3)cc2)cc([N+](=O)[O-])c1. The van der Waals surface area contributed by atoms with Crippen LogP contribution in [0.5, 0.6) is 0 Å². The Balaban J connectivity index is 1.48. The molecule has 2 atom stereocenters. The molecule has 0 spiro atoms.